The lowest BCUT2D eigenvalue weighted by atomic mass is 10.1. The van der Waals surface area contributed by atoms with Crippen molar-refractivity contribution in [1.82, 2.24) is 0 Å². The molecular formula is C24H33NO4. The molecule has 29 heavy (non-hydrogen) atoms. The van der Waals surface area contributed by atoms with Crippen LogP contribution < -0.4 is 15.2 Å². The Hall–Kier alpha value is -2.53. The fraction of sp³-hybridized carbons (Fsp3) is 0.458. The number of nitrogens with two attached hydrogens (primary N) is 1. The monoisotopic (exact) mass is 399 g/mol. The maximum absolute atomic E-state index is 12.3. The second-order valence-corrected chi connectivity index (χ2v) is 7.09. The first-order valence-corrected chi connectivity index (χ1v) is 10.5. The zero-order chi connectivity index (χ0) is 20.9. The van der Waals surface area contributed by atoms with Gasteiger partial charge in [-0.05, 0) is 42.5 Å². The van der Waals surface area contributed by atoms with Crippen LogP contribution in [0, 0.1) is 0 Å². The smallest absolute Gasteiger partial charge is 0.323 e. The highest BCUT2D eigenvalue weighted by molar-refractivity contribution is 5.76. The van der Waals surface area contributed by atoms with Gasteiger partial charge in [0.05, 0.1) is 13.2 Å². The average Bonchev–Trinajstić information content (AvgIpc) is 2.74. The Morgan fingerprint density at radius 2 is 1.55 bits per heavy atom. The van der Waals surface area contributed by atoms with Crippen molar-refractivity contribution in [2.24, 2.45) is 5.73 Å². The highest BCUT2D eigenvalue weighted by atomic mass is 16.5. The summed E-state index contributed by atoms with van der Waals surface area (Å²) in [6, 6.07) is 14.6. The van der Waals surface area contributed by atoms with Crippen LogP contribution in [0.4, 0.5) is 0 Å². The van der Waals surface area contributed by atoms with E-state index in [2.05, 4.69) is 13.8 Å². The van der Waals surface area contributed by atoms with Gasteiger partial charge in [-0.1, -0.05) is 63.1 Å². The molecular weight excluding hydrogens is 366 g/mol. The molecule has 2 N–H and O–H groups in total. The summed E-state index contributed by atoms with van der Waals surface area (Å²) < 4.78 is 17.1. The molecule has 0 radical (unpaired) electrons. The Bertz CT molecular complexity index is 733. The number of esters is 1. The summed E-state index contributed by atoms with van der Waals surface area (Å²) in [6.07, 6.45) is 4.49. The van der Waals surface area contributed by atoms with Gasteiger partial charge in [0.1, 0.15) is 12.6 Å². The molecule has 5 heteroatoms. The van der Waals surface area contributed by atoms with Crippen LogP contribution in [0.2, 0.25) is 0 Å². The highest BCUT2D eigenvalue weighted by Gasteiger charge is 2.17. The molecule has 2 aromatic rings. The molecule has 0 fully saturated rings. The highest BCUT2D eigenvalue weighted by Crippen LogP contribution is 2.29. The lowest BCUT2D eigenvalue weighted by Crippen LogP contribution is -2.34. The molecule has 0 aliphatic heterocycles. The molecule has 0 amide bonds. The van der Waals surface area contributed by atoms with Crippen LogP contribution >= 0.6 is 0 Å². The topological polar surface area (TPSA) is 70.8 Å². The number of hydrogen-bond acceptors (Lipinski definition) is 5. The zero-order valence-electron chi connectivity index (χ0n) is 17.6. The molecule has 0 aromatic heterocycles. The van der Waals surface area contributed by atoms with Gasteiger partial charge in [0.15, 0.2) is 11.5 Å². The van der Waals surface area contributed by atoms with E-state index in [0.717, 1.165) is 42.6 Å². The predicted octanol–water partition coefficient (Wildman–Crippen LogP) is 4.66. The van der Waals surface area contributed by atoms with Crippen molar-refractivity contribution in [2.75, 3.05) is 13.2 Å². The summed E-state index contributed by atoms with van der Waals surface area (Å²) in [5.74, 6) is 1.03. The number of carbonyl (C=O) groups excluding carboxylic acids is 1. The minimum Gasteiger partial charge on any atom is -0.490 e. The second kappa shape index (κ2) is 12.8. The summed E-state index contributed by atoms with van der Waals surface area (Å²) in [5.41, 5.74) is 7.93. The first-order chi connectivity index (χ1) is 14.1. The normalized spacial score (nSPS) is 11.7. The van der Waals surface area contributed by atoms with Crippen molar-refractivity contribution in [2.45, 2.75) is 58.6 Å². The van der Waals surface area contributed by atoms with Gasteiger partial charge in [0.2, 0.25) is 0 Å². The van der Waals surface area contributed by atoms with Gasteiger partial charge < -0.3 is 19.9 Å². The molecule has 0 spiro atoms. The Labute approximate surface area is 174 Å². The fourth-order valence-electron chi connectivity index (χ4n) is 2.74. The minimum absolute atomic E-state index is 0.225. The average molecular weight is 400 g/mol. The van der Waals surface area contributed by atoms with E-state index >= 15 is 0 Å². The van der Waals surface area contributed by atoms with Gasteiger partial charge >= 0.3 is 5.97 Å². The van der Waals surface area contributed by atoms with E-state index in [1.54, 1.807) is 0 Å². The summed E-state index contributed by atoms with van der Waals surface area (Å²) in [7, 11) is 0. The van der Waals surface area contributed by atoms with Gasteiger partial charge in [-0.2, -0.15) is 0 Å². The van der Waals surface area contributed by atoms with Gasteiger partial charge in [-0.25, -0.2) is 0 Å². The van der Waals surface area contributed by atoms with Crippen LogP contribution in [0.1, 0.15) is 50.7 Å². The van der Waals surface area contributed by atoms with Crippen molar-refractivity contribution in [1.29, 1.82) is 0 Å². The van der Waals surface area contributed by atoms with Crippen LogP contribution in [0.15, 0.2) is 48.5 Å². The van der Waals surface area contributed by atoms with E-state index in [9.17, 15) is 4.79 Å². The molecule has 5 nitrogen and oxygen atoms in total. The Morgan fingerprint density at radius 3 is 2.21 bits per heavy atom. The van der Waals surface area contributed by atoms with E-state index in [1.807, 2.05) is 48.5 Å². The molecule has 0 bridgehead atoms. The SMILES string of the molecule is CCCCOc1ccc(C[C@H](N)C(=O)OCc2ccccc2)cc1OCCCC. The third-order valence-corrected chi connectivity index (χ3v) is 4.50. The summed E-state index contributed by atoms with van der Waals surface area (Å²) in [4.78, 5) is 12.3. The largest absolute Gasteiger partial charge is 0.490 e. The number of rotatable bonds is 13. The van der Waals surface area contributed by atoms with Gasteiger partial charge in [0, 0.05) is 0 Å². The summed E-state index contributed by atoms with van der Waals surface area (Å²) in [5, 5.41) is 0. The fourth-order valence-corrected chi connectivity index (χ4v) is 2.74. The Kier molecular flexibility index (Phi) is 10.1. The predicted molar refractivity (Wildman–Crippen MR) is 115 cm³/mol. The lowest BCUT2D eigenvalue weighted by Gasteiger charge is -2.16. The first-order valence-electron chi connectivity index (χ1n) is 10.5. The standard InChI is InChI=1S/C24H33NO4/c1-3-5-14-27-22-13-12-20(17-23(22)28-15-6-4-2)16-21(25)24(26)29-18-19-10-8-7-9-11-19/h7-13,17,21H,3-6,14-16,18,25H2,1-2H3/t21-/m0/s1. The molecule has 1 atom stereocenters. The van der Waals surface area contributed by atoms with E-state index < -0.39 is 12.0 Å². The van der Waals surface area contributed by atoms with Gasteiger partial charge in [-0.15, -0.1) is 0 Å². The third-order valence-electron chi connectivity index (χ3n) is 4.50. The van der Waals surface area contributed by atoms with Crippen molar-refractivity contribution in [3.05, 3.63) is 59.7 Å². The van der Waals surface area contributed by atoms with Crippen LogP contribution in [0.25, 0.3) is 0 Å². The molecule has 2 aromatic carbocycles. The van der Waals surface area contributed by atoms with E-state index in [1.165, 1.54) is 0 Å². The number of unbranched alkanes of at least 4 members (excludes halogenated alkanes) is 2. The first kappa shape index (κ1) is 22.8. The van der Waals surface area contributed by atoms with Crippen molar-refractivity contribution >= 4 is 5.97 Å². The van der Waals surface area contributed by atoms with E-state index in [0.29, 0.717) is 25.4 Å². The molecule has 0 aliphatic rings. The van der Waals surface area contributed by atoms with Gasteiger partial charge in [-0.3, -0.25) is 4.79 Å². The number of ether oxygens (including phenoxy) is 3. The van der Waals surface area contributed by atoms with Crippen LogP contribution in [-0.2, 0) is 22.6 Å². The molecule has 0 heterocycles. The van der Waals surface area contributed by atoms with Crippen LogP contribution in [0.5, 0.6) is 11.5 Å². The Balaban J connectivity index is 1.96. The summed E-state index contributed by atoms with van der Waals surface area (Å²) >= 11 is 0. The van der Waals surface area contributed by atoms with E-state index in [-0.39, 0.29) is 6.61 Å². The molecule has 2 rings (SSSR count). The summed E-state index contributed by atoms with van der Waals surface area (Å²) in [6.45, 7) is 5.77. The number of hydrogen-bond donors (Lipinski definition) is 1. The number of carbonyl (C=O) groups is 1. The quantitative estimate of drug-likeness (QED) is 0.392. The maximum Gasteiger partial charge on any atom is 0.323 e. The number of benzene rings is 2. The van der Waals surface area contributed by atoms with Crippen molar-refractivity contribution in [3.63, 3.8) is 0 Å². The van der Waals surface area contributed by atoms with Crippen molar-refractivity contribution in [3.8, 4) is 11.5 Å². The van der Waals surface area contributed by atoms with E-state index in [4.69, 9.17) is 19.9 Å². The van der Waals surface area contributed by atoms with Crippen molar-refractivity contribution < 1.29 is 19.0 Å². The molecule has 0 aliphatic carbocycles. The van der Waals surface area contributed by atoms with Crippen LogP contribution in [0.3, 0.4) is 0 Å². The molecule has 158 valence electrons. The van der Waals surface area contributed by atoms with Crippen LogP contribution in [-0.4, -0.2) is 25.2 Å². The maximum atomic E-state index is 12.3. The molecule has 0 saturated carbocycles. The minimum atomic E-state index is -0.728. The Morgan fingerprint density at radius 1 is 0.897 bits per heavy atom. The van der Waals surface area contributed by atoms with Gasteiger partial charge in [0.25, 0.3) is 0 Å². The second-order valence-electron chi connectivity index (χ2n) is 7.09. The molecule has 0 saturated heterocycles. The third kappa shape index (κ3) is 8.16. The zero-order valence-corrected chi connectivity index (χ0v) is 17.6. The molecule has 0 unspecified atom stereocenters. The lowest BCUT2D eigenvalue weighted by molar-refractivity contribution is -0.146.